The van der Waals surface area contributed by atoms with Crippen molar-refractivity contribution < 1.29 is 32.6 Å². The molecule has 2 unspecified atom stereocenters. The Bertz CT molecular complexity index is 676. The van der Waals surface area contributed by atoms with Crippen LogP contribution in [0.1, 0.15) is 43.4 Å². The summed E-state index contributed by atoms with van der Waals surface area (Å²) in [4.78, 5) is 30.3. The number of carbonyl (C=O) groups excluding carboxylic acids is 1. The van der Waals surface area contributed by atoms with E-state index < -0.39 is 34.8 Å². The van der Waals surface area contributed by atoms with E-state index in [1.54, 1.807) is 20.8 Å². The van der Waals surface area contributed by atoms with Crippen LogP contribution in [0.25, 0.3) is 0 Å². The molecule has 1 amide bonds. The number of amides is 1. The van der Waals surface area contributed by atoms with Gasteiger partial charge in [-0.05, 0) is 6.92 Å². The first-order chi connectivity index (χ1) is 11.5. The van der Waals surface area contributed by atoms with E-state index in [0.29, 0.717) is 19.0 Å². The Morgan fingerprint density at radius 3 is 2.32 bits per heavy atom. The van der Waals surface area contributed by atoms with Crippen LogP contribution in [0.3, 0.4) is 0 Å². The van der Waals surface area contributed by atoms with Crippen molar-refractivity contribution in [3.8, 4) is 0 Å². The maximum Gasteiger partial charge on any atom is 0.451 e. The normalized spacial score (nSPS) is 25.1. The molecule has 1 fully saturated rings. The van der Waals surface area contributed by atoms with Crippen molar-refractivity contribution in [2.24, 2.45) is 5.41 Å². The molecule has 1 aromatic rings. The minimum absolute atomic E-state index is 0.0520. The number of rotatable bonds is 5. The predicted molar refractivity (Wildman–Crippen MR) is 78.7 cm³/mol. The lowest BCUT2D eigenvalue weighted by molar-refractivity contribution is -0.190. The van der Waals surface area contributed by atoms with Crippen molar-refractivity contribution in [1.82, 2.24) is 15.3 Å². The fourth-order valence-corrected chi connectivity index (χ4v) is 2.89. The van der Waals surface area contributed by atoms with Gasteiger partial charge in [0.25, 0.3) is 5.91 Å². The molecule has 2 N–H and O–H groups in total. The Morgan fingerprint density at radius 1 is 1.36 bits per heavy atom. The molecule has 0 spiro atoms. The smallest absolute Gasteiger partial charge is 0.451 e. The number of carbonyl (C=O) groups is 2. The van der Waals surface area contributed by atoms with Gasteiger partial charge in [-0.2, -0.15) is 13.2 Å². The first kappa shape index (κ1) is 19.1. The quantitative estimate of drug-likeness (QED) is 0.830. The molecule has 1 saturated carbocycles. The zero-order chi connectivity index (χ0) is 19.0. The highest BCUT2D eigenvalue weighted by Gasteiger charge is 2.66. The van der Waals surface area contributed by atoms with E-state index in [0.717, 1.165) is 0 Å². The average Bonchev–Trinajstić information content (AvgIpc) is 2.52. The van der Waals surface area contributed by atoms with Crippen molar-refractivity contribution in [2.75, 3.05) is 6.61 Å². The Kier molecular flexibility index (Phi) is 4.77. The number of hydrogen-bond donors (Lipinski definition) is 2. The summed E-state index contributed by atoms with van der Waals surface area (Å²) in [7, 11) is 0. The van der Waals surface area contributed by atoms with Gasteiger partial charge in [0.15, 0.2) is 0 Å². The number of halogens is 3. The first-order valence-electron chi connectivity index (χ1n) is 7.52. The number of hydrogen-bond acceptors (Lipinski definition) is 5. The zero-order valence-corrected chi connectivity index (χ0v) is 13.8. The molecule has 2 rings (SSSR count). The summed E-state index contributed by atoms with van der Waals surface area (Å²) < 4.78 is 42.9. The molecule has 0 aromatic carbocycles. The second-order valence-corrected chi connectivity index (χ2v) is 6.33. The Balaban J connectivity index is 2.21. The molecule has 1 heterocycles. The predicted octanol–water partition coefficient (Wildman–Crippen LogP) is 1.88. The molecule has 25 heavy (non-hydrogen) atoms. The van der Waals surface area contributed by atoms with Gasteiger partial charge in [-0.1, -0.05) is 13.8 Å². The molecule has 7 nitrogen and oxygen atoms in total. The molecule has 2 atom stereocenters. The largest absolute Gasteiger partial charge is 0.479 e. The van der Waals surface area contributed by atoms with Gasteiger partial charge in [0.1, 0.15) is 5.54 Å². The molecule has 10 heteroatoms. The number of ether oxygens (including phenoxy) is 1. The van der Waals surface area contributed by atoms with Gasteiger partial charge >= 0.3 is 12.1 Å². The summed E-state index contributed by atoms with van der Waals surface area (Å²) in [5.41, 5.74) is -2.76. The molecule has 1 aliphatic rings. The fraction of sp³-hybridized carbons (Fsp3) is 0.600. The van der Waals surface area contributed by atoms with Crippen molar-refractivity contribution in [2.45, 2.75) is 45.0 Å². The molecular weight excluding hydrogens is 343 g/mol. The van der Waals surface area contributed by atoms with Gasteiger partial charge in [0.2, 0.25) is 5.82 Å². The van der Waals surface area contributed by atoms with Crippen LogP contribution in [0, 0.1) is 5.41 Å². The summed E-state index contributed by atoms with van der Waals surface area (Å²) in [6.45, 7) is 5.46. The minimum atomic E-state index is -4.72. The summed E-state index contributed by atoms with van der Waals surface area (Å²) in [6.07, 6.45) is -3.61. The highest BCUT2D eigenvalue weighted by Crippen LogP contribution is 2.51. The van der Waals surface area contributed by atoms with E-state index in [1.807, 2.05) is 0 Å². The third-order valence-corrected chi connectivity index (χ3v) is 4.62. The number of alkyl halides is 3. The number of carboxylic acid groups (broad SMARTS) is 1. The third kappa shape index (κ3) is 3.17. The Hall–Kier alpha value is -2.23. The van der Waals surface area contributed by atoms with Crippen LogP contribution in [0.5, 0.6) is 0 Å². The molecule has 138 valence electrons. The van der Waals surface area contributed by atoms with Crippen molar-refractivity contribution in [1.29, 1.82) is 0 Å². The zero-order valence-electron chi connectivity index (χ0n) is 13.8. The van der Waals surface area contributed by atoms with Crippen LogP contribution in [0.2, 0.25) is 0 Å². The van der Waals surface area contributed by atoms with E-state index in [4.69, 9.17) is 4.74 Å². The molecule has 0 aliphatic heterocycles. The highest BCUT2D eigenvalue weighted by molar-refractivity contribution is 5.98. The SMILES string of the molecule is CCOC1CC(NC(=O)c2cnc(C(F)(F)F)nc2)(C(=O)O)C1(C)C. The van der Waals surface area contributed by atoms with Gasteiger partial charge in [-0.15, -0.1) is 0 Å². The number of carboxylic acids is 1. The van der Waals surface area contributed by atoms with Crippen LogP contribution in [0.4, 0.5) is 13.2 Å². The summed E-state index contributed by atoms with van der Waals surface area (Å²) in [6, 6.07) is 0. The van der Waals surface area contributed by atoms with E-state index in [9.17, 15) is 27.9 Å². The van der Waals surface area contributed by atoms with Crippen LogP contribution in [0.15, 0.2) is 12.4 Å². The number of nitrogens with one attached hydrogen (secondary N) is 1. The molecule has 0 bridgehead atoms. The molecule has 1 aromatic heterocycles. The topological polar surface area (TPSA) is 101 Å². The summed E-state index contributed by atoms with van der Waals surface area (Å²) in [5.74, 6) is -3.48. The maximum atomic E-state index is 12.5. The van der Waals surface area contributed by atoms with Gasteiger partial charge in [0.05, 0.1) is 11.7 Å². The van der Waals surface area contributed by atoms with Crippen molar-refractivity contribution in [3.63, 3.8) is 0 Å². The van der Waals surface area contributed by atoms with Crippen LogP contribution < -0.4 is 5.32 Å². The fourth-order valence-electron chi connectivity index (χ4n) is 2.89. The lowest BCUT2D eigenvalue weighted by Gasteiger charge is -2.58. The van der Waals surface area contributed by atoms with Crippen molar-refractivity contribution in [3.05, 3.63) is 23.8 Å². The molecule has 1 aliphatic carbocycles. The number of aliphatic carboxylic acids is 1. The maximum absolute atomic E-state index is 12.5. The number of nitrogens with zero attached hydrogens (tertiary/aromatic N) is 2. The second-order valence-electron chi connectivity index (χ2n) is 6.33. The van der Waals surface area contributed by atoms with Crippen LogP contribution in [-0.4, -0.2) is 45.2 Å². The van der Waals surface area contributed by atoms with E-state index in [-0.39, 0.29) is 18.1 Å². The van der Waals surface area contributed by atoms with Gasteiger partial charge in [0, 0.05) is 30.8 Å². The lowest BCUT2D eigenvalue weighted by Crippen LogP contribution is -2.76. The first-order valence-corrected chi connectivity index (χ1v) is 7.52. The third-order valence-electron chi connectivity index (χ3n) is 4.62. The average molecular weight is 361 g/mol. The summed E-state index contributed by atoms with van der Waals surface area (Å²) >= 11 is 0. The summed E-state index contributed by atoms with van der Waals surface area (Å²) in [5, 5.41) is 12.0. The van der Waals surface area contributed by atoms with Gasteiger partial charge in [-0.25, -0.2) is 14.8 Å². The highest BCUT2D eigenvalue weighted by atomic mass is 19.4. The van der Waals surface area contributed by atoms with Gasteiger partial charge in [-0.3, -0.25) is 4.79 Å². The Labute approximate surface area is 141 Å². The van der Waals surface area contributed by atoms with E-state index in [1.165, 1.54) is 0 Å². The number of aromatic nitrogens is 2. The minimum Gasteiger partial charge on any atom is -0.479 e. The molecule has 0 saturated heterocycles. The standard InChI is InChI=1S/C15H18F3N3O4/c1-4-25-9-5-14(12(23)24,13(9,2)3)21-10(22)8-6-19-11(20-7-8)15(16,17)18/h6-7,9H,4-5H2,1-3H3,(H,21,22)(H,23,24). The lowest BCUT2D eigenvalue weighted by atomic mass is 9.54. The van der Waals surface area contributed by atoms with E-state index >= 15 is 0 Å². The van der Waals surface area contributed by atoms with Crippen molar-refractivity contribution >= 4 is 11.9 Å². The van der Waals surface area contributed by atoms with Gasteiger partial charge < -0.3 is 15.2 Å². The molecule has 0 radical (unpaired) electrons. The van der Waals surface area contributed by atoms with Crippen LogP contribution >= 0.6 is 0 Å². The monoisotopic (exact) mass is 361 g/mol. The van der Waals surface area contributed by atoms with E-state index in [2.05, 4.69) is 15.3 Å². The van der Waals surface area contributed by atoms with Crippen LogP contribution in [-0.2, 0) is 15.7 Å². The second kappa shape index (κ2) is 6.25. The molecular formula is C15H18F3N3O4. The Morgan fingerprint density at radius 2 is 1.92 bits per heavy atom.